The molecule has 326 valence electrons. The number of nitrogens with zero attached hydrogens (tertiary/aromatic N) is 5. The molecule has 0 aliphatic heterocycles. The van der Waals surface area contributed by atoms with E-state index in [1.807, 2.05) is 0 Å². The molecule has 23 nitrogen and oxygen atoms in total. The number of aromatic nitrogens is 3. The van der Waals surface area contributed by atoms with Crippen LogP contribution in [-0.2, 0) is 54.8 Å². The van der Waals surface area contributed by atoms with Crippen LogP contribution in [-0.4, -0.2) is 87.6 Å². The molecule has 0 amide bonds. The molecule has 5 aromatic carbocycles. The maximum atomic E-state index is 12.6. The first kappa shape index (κ1) is 45.4. The second-order valence-corrected chi connectivity index (χ2v) is 20.2. The summed E-state index contributed by atoms with van der Waals surface area (Å²) < 4.78 is 159. The zero-order valence-electron chi connectivity index (χ0n) is 31.2. The molecular formula is C34H30N8O15S5. The highest BCUT2D eigenvalue weighted by Crippen LogP contribution is 2.32. The van der Waals surface area contributed by atoms with Crippen LogP contribution in [0.15, 0.2) is 127 Å². The van der Waals surface area contributed by atoms with Crippen molar-refractivity contribution in [3.05, 3.63) is 103 Å². The highest BCUT2D eigenvalue weighted by Gasteiger charge is 2.21. The standard InChI is InChI=1S/C34H30N8O15S5/c1-20-16-24(8-13-30(20)42-41-25-3-2-21-17-28(60(48,49)50)19-31(29(21)18-25)61(51,52)53)37-34-39-32(38-33(40-34)36-23-6-11-27(12-7-23)59(45,46)47)35-22-4-9-26(10-5-22)58(43,44)15-14-57-62(54,55)56/h2-13,16-19H,14-15H2,1H3,(H,45,46,47)(H,48,49,50)(H,51,52,53)(H,54,55,56)(H3,35,36,37,38,39,40). The molecule has 6 rings (SSSR count). The van der Waals surface area contributed by atoms with Gasteiger partial charge in [0.05, 0.1) is 38.4 Å². The molecule has 1 aromatic heterocycles. The first-order valence-corrected chi connectivity index (χ1v) is 24.3. The SMILES string of the molecule is Cc1cc(Nc2nc(Nc3ccc(S(=O)(=O)O)cc3)nc(Nc3ccc(S(=O)(=O)CCOS(=O)(=O)O)cc3)n2)ccc1N=Nc1ccc2cc(S(=O)(=O)O)cc(S(=O)(=O)O)c2c1. The van der Waals surface area contributed by atoms with Gasteiger partial charge in [0.2, 0.25) is 17.8 Å². The summed E-state index contributed by atoms with van der Waals surface area (Å²) in [6, 6.07) is 20.6. The zero-order valence-corrected chi connectivity index (χ0v) is 35.3. The van der Waals surface area contributed by atoms with Gasteiger partial charge < -0.3 is 16.0 Å². The van der Waals surface area contributed by atoms with Crippen LogP contribution < -0.4 is 16.0 Å². The van der Waals surface area contributed by atoms with Gasteiger partial charge in [-0.2, -0.15) is 58.9 Å². The van der Waals surface area contributed by atoms with Crippen LogP contribution in [0.25, 0.3) is 10.8 Å². The lowest BCUT2D eigenvalue weighted by molar-refractivity contribution is 0.284. The summed E-state index contributed by atoms with van der Waals surface area (Å²) in [5.74, 6) is -0.914. The van der Waals surface area contributed by atoms with Crippen LogP contribution in [0, 0.1) is 6.92 Å². The van der Waals surface area contributed by atoms with Gasteiger partial charge in [0.25, 0.3) is 30.4 Å². The number of aryl methyl sites for hydroxylation is 1. The predicted molar refractivity (Wildman–Crippen MR) is 221 cm³/mol. The lowest BCUT2D eigenvalue weighted by atomic mass is 10.1. The Hall–Kier alpha value is -6.08. The molecule has 0 spiro atoms. The van der Waals surface area contributed by atoms with E-state index in [0.29, 0.717) is 34.4 Å². The van der Waals surface area contributed by atoms with Crippen LogP contribution in [0.2, 0.25) is 0 Å². The predicted octanol–water partition coefficient (Wildman–Crippen LogP) is 5.31. The van der Waals surface area contributed by atoms with E-state index in [4.69, 9.17) is 4.55 Å². The Balaban J connectivity index is 1.25. The van der Waals surface area contributed by atoms with E-state index in [1.54, 1.807) is 25.1 Å². The minimum Gasteiger partial charge on any atom is -0.324 e. The minimum atomic E-state index is -4.94. The first-order chi connectivity index (χ1) is 28.8. The third kappa shape index (κ3) is 11.8. The monoisotopic (exact) mass is 950 g/mol. The fourth-order valence-corrected chi connectivity index (χ4v) is 8.74. The topological polar surface area (TPSA) is 360 Å². The maximum Gasteiger partial charge on any atom is 0.397 e. The highest BCUT2D eigenvalue weighted by atomic mass is 32.3. The lowest BCUT2D eigenvalue weighted by Crippen LogP contribution is -2.15. The highest BCUT2D eigenvalue weighted by molar-refractivity contribution is 7.91. The van der Waals surface area contributed by atoms with Crippen molar-refractivity contribution in [2.75, 3.05) is 28.3 Å². The van der Waals surface area contributed by atoms with E-state index in [0.717, 1.165) is 18.2 Å². The van der Waals surface area contributed by atoms with Gasteiger partial charge in [0, 0.05) is 22.4 Å². The fraction of sp³-hybridized carbons (Fsp3) is 0.0882. The van der Waals surface area contributed by atoms with Crippen molar-refractivity contribution in [2.24, 2.45) is 10.2 Å². The maximum absolute atomic E-state index is 12.6. The summed E-state index contributed by atoms with van der Waals surface area (Å²) in [5, 5.41) is 17.2. The van der Waals surface area contributed by atoms with E-state index < -0.39 is 72.7 Å². The van der Waals surface area contributed by atoms with Gasteiger partial charge in [0.15, 0.2) is 9.84 Å². The molecule has 6 aromatic rings. The molecule has 0 bridgehead atoms. The Kier molecular flexibility index (Phi) is 12.7. The van der Waals surface area contributed by atoms with Gasteiger partial charge >= 0.3 is 10.4 Å². The number of azo groups is 1. The first-order valence-electron chi connectivity index (χ1n) is 17.0. The summed E-state index contributed by atoms with van der Waals surface area (Å²) >= 11 is 0. The fourth-order valence-electron chi connectivity index (χ4n) is 5.42. The van der Waals surface area contributed by atoms with Crippen LogP contribution in [0.3, 0.4) is 0 Å². The van der Waals surface area contributed by atoms with Crippen molar-refractivity contribution in [3.63, 3.8) is 0 Å². The molecule has 0 saturated carbocycles. The molecule has 7 N–H and O–H groups in total. The van der Waals surface area contributed by atoms with Crippen LogP contribution in [0.4, 0.5) is 46.3 Å². The normalized spacial score (nSPS) is 12.7. The molecule has 0 unspecified atom stereocenters. The van der Waals surface area contributed by atoms with Crippen molar-refractivity contribution < 1.29 is 64.5 Å². The van der Waals surface area contributed by atoms with E-state index >= 15 is 0 Å². The zero-order chi connectivity index (χ0) is 45.3. The smallest absolute Gasteiger partial charge is 0.324 e. The largest absolute Gasteiger partial charge is 0.397 e. The average molecular weight is 951 g/mol. The van der Waals surface area contributed by atoms with Crippen molar-refractivity contribution in [2.45, 2.75) is 26.5 Å². The van der Waals surface area contributed by atoms with Gasteiger partial charge in [-0.3, -0.25) is 18.2 Å². The molecule has 0 atom stereocenters. The third-order valence-electron chi connectivity index (χ3n) is 8.27. The van der Waals surface area contributed by atoms with Gasteiger partial charge in [0.1, 0.15) is 4.90 Å². The molecule has 0 radical (unpaired) electrons. The van der Waals surface area contributed by atoms with Gasteiger partial charge in [-0.05, 0) is 109 Å². The summed E-state index contributed by atoms with van der Waals surface area (Å²) in [6.45, 7) is 0.880. The summed E-state index contributed by atoms with van der Waals surface area (Å²) in [5.41, 5.74) is 2.10. The van der Waals surface area contributed by atoms with Crippen molar-refractivity contribution >= 4 is 108 Å². The number of hydrogen-bond acceptors (Lipinski definition) is 19. The van der Waals surface area contributed by atoms with E-state index in [1.165, 1.54) is 54.6 Å². The second kappa shape index (κ2) is 17.4. The third-order valence-corrected chi connectivity index (χ3v) is 13.0. The Bertz CT molecular complexity index is 3320. The molecule has 62 heavy (non-hydrogen) atoms. The number of fused-ring (bicyclic) bond motifs is 1. The van der Waals surface area contributed by atoms with E-state index in [-0.39, 0.29) is 44.1 Å². The molecular weight excluding hydrogens is 921 g/mol. The Morgan fingerprint density at radius 2 is 1.06 bits per heavy atom. The second-order valence-electron chi connectivity index (χ2n) is 12.8. The Morgan fingerprint density at radius 3 is 1.56 bits per heavy atom. The number of anilines is 6. The molecule has 0 aliphatic carbocycles. The molecule has 0 fully saturated rings. The number of sulfone groups is 1. The molecule has 1 heterocycles. The van der Waals surface area contributed by atoms with Crippen LogP contribution in [0.5, 0.6) is 0 Å². The number of rotatable bonds is 16. The van der Waals surface area contributed by atoms with Crippen LogP contribution >= 0.6 is 0 Å². The Morgan fingerprint density at radius 1 is 0.548 bits per heavy atom. The number of hydrogen-bond donors (Lipinski definition) is 7. The minimum absolute atomic E-state index is 0.0330. The van der Waals surface area contributed by atoms with E-state index in [9.17, 15) is 55.7 Å². The summed E-state index contributed by atoms with van der Waals surface area (Å²) in [7, 11) is -23.1. The van der Waals surface area contributed by atoms with Gasteiger partial charge in [-0.25, -0.2) is 12.6 Å². The van der Waals surface area contributed by atoms with E-state index in [2.05, 4.69) is 45.3 Å². The van der Waals surface area contributed by atoms with Crippen molar-refractivity contribution in [3.8, 4) is 0 Å². The van der Waals surface area contributed by atoms with Crippen molar-refractivity contribution in [1.82, 2.24) is 15.0 Å². The summed E-state index contributed by atoms with van der Waals surface area (Å²) in [4.78, 5) is 11.0. The number of benzene rings is 5. The number of nitrogens with one attached hydrogen (secondary N) is 3. The summed E-state index contributed by atoms with van der Waals surface area (Å²) in [6.07, 6.45) is 0. The average Bonchev–Trinajstić information content (AvgIpc) is 3.16. The quantitative estimate of drug-likeness (QED) is 0.0477. The molecule has 0 aliphatic rings. The van der Waals surface area contributed by atoms with Gasteiger partial charge in [-0.15, -0.1) is 0 Å². The molecule has 0 saturated heterocycles. The molecule has 28 heteroatoms. The van der Waals surface area contributed by atoms with Crippen molar-refractivity contribution in [1.29, 1.82) is 0 Å². The Labute approximate surface area is 353 Å². The van der Waals surface area contributed by atoms with Crippen LogP contribution in [0.1, 0.15) is 5.56 Å². The van der Waals surface area contributed by atoms with Gasteiger partial charge in [-0.1, -0.05) is 6.07 Å². The lowest BCUT2D eigenvalue weighted by Gasteiger charge is -2.13.